The Morgan fingerprint density at radius 3 is 2.59 bits per heavy atom. The Kier molecular flexibility index (Phi) is 2.54. The molecule has 0 radical (unpaired) electrons. The molecular formula is C13H12N4. The van der Waals surface area contributed by atoms with Crippen molar-refractivity contribution in [3.05, 3.63) is 60.2 Å². The van der Waals surface area contributed by atoms with Crippen LogP contribution in [0.15, 0.2) is 54.2 Å². The Morgan fingerprint density at radius 2 is 1.82 bits per heavy atom. The smallest absolute Gasteiger partial charge is 0.115 e. The maximum atomic E-state index is 4.37. The molecule has 0 amide bonds. The SMILES string of the molecule is c1ccc(C2=NNCC2c2cncnc2)cc1. The molecule has 3 rings (SSSR count). The van der Waals surface area contributed by atoms with Gasteiger partial charge in [-0.05, 0) is 11.1 Å². The summed E-state index contributed by atoms with van der Waals surface area (Å²) in [4.78, 5) is 8.13. The van der Waals surface area contributed by atoms with Crippen LogP contribution in [0.2, 0.25) is 0 Å². The van der Waals surface area contributed by atoms with Crippen LogP contribution in [0.25, 0.3) is 0 Å². The molecule has 84 valence electrons. The van der Waals surface area contributed by atoms with E-state index in [1.807, 2.05) is 30.6 Å². The molecule has 0 saturated heterocycles. The molecule has 2 heterocycles. The summed E-state index contributed by atoms with van der Waals surface area (Å²) in [6.45, 7) is 0.803. The van der Waals surface area contributed by atoms with Gasteiger partial charge in [0.25, 0.3) is 0 Å². The zero-order valence-corrected chi connectivity index (χ0v) is 9.24. The highest BCUT2D eigenvalue weighted by atomic mass is 15.3. The minimum absolute atomic E-state index is 0.235. The highest BCUT2D eigenvalue weighted by Crippen LogP contribution is 2.23. The van der Waals surface area contributed by atoms with Crippen molar-refractivity contribution in [2.24, 2.45) is 5.10 Å². The first-order chi connectivity index (χ1) is 8.45. The van der Waals surface area contributed by atoms with Crippen LogP contribution in [0.5, 0.6) is 0 Å². The number of hydrogen-bond acceptors (Lipinski definition) is 4. The molecule has 1 aromatic carbocycles. The average molecular weight is 224 g/mol. The molecule has 2 aromatic rings. The number of nitrogens with one attached hydrogen (secondary N) is 1. The zero-order valence-electron chi connectivity index (χ0n) is 9.24. The summed E-state index contributed by atoms with van der Waals surface area (Å²) in [6, 6.07) is 10.2. The van der Waals surface area contributed by atoms with Gasteiger partial charge in [0.1, 0.15) is 6.33 Å². The van der Waals surface area contributed by atoms with Gasteiger partial charge < -0.3 is 5.43 Å². The second kappa shape index (κ2) is 4.33. The van der Waals surface area contributed by atoms with Gasteiger partial charge >= 0.3 is 0 Å². The van der Waals surface area contributed by atoms with E-state index in [0.717, 1.165) is 23.4 Å². The van der Waals surface area contributed by atoms with Crippen molar-refractivity contribution in [1.82, 2.24) is 15.4 Å². The summed E-state index contributed by atoms with van der Waals surface area (Å²) in [7, 11) is 0. The lowest BCUT2D eigenvalue weighted by Gasteiger charge is -2.11. The fourth-order valence-electron chi connectivity index (χ4n) is 2.04. The van der Waals surface area contributed by atoms with Crippen molar-refractivity contribution >= 4 is 5.71 Å². The van der Waals surface area contributed by atoms with E-state index < -0.39 is 0 Å². The number of hydrazone groups is 1. The van der Waals surface area contributed by atoms with Crippen LogP contribution in [0, 0.1) is 0 Å². The number of aromatic nitrogens is 2. The van der Waals surface area contributed by atoms with E-state index >= 15 is 0 Å². The summed E-state index contributed by atoms with van der Waals surface area (Å²) in [5, 5.41) is 4.37. The van der Waals surface area contributed by atoms with Gasteiger partial charge in [-0.15, -0.1) is 0 Å². The highest BCUT2D eigenvalue weighted by molar-refractivity contribution is 6.06. The number of rotatable bonds is 2. The lowest BCUT2D eigenvalue weighted by atomic mass is 9.93. The highest BCUT2D eigenvalue weighted by Gasteiger charge is 2.24. The maximum absolute atomic E-state index is 4.37. The lowest BCUT2D eigenvalue weighted by Crippen LogP contribution is -2.14. The van der Waals surface area contributed by atoms with Gasteiger partial charge in [-0.2, -0.15) is 5.10 Å². The Morgan fingerprint density at radius 1 is 1.06 bits per heavy atom. The number of nitrogens with zero attached hydrogens (tertiary/aromatic N) is 3. The second-order valence-corrected chi connectivity index (χ2v) is 3.95. The predicted octanol–water partition coefficient (Wildman–Crippen LogP) is 1.57. The minimum Gasteiger partial charge on any atom is -0.309 e. The Hall–Kier alpha value is -2.23. The molecule has 1 aromatic heterocycles. The molecule has 4 heteroatoms. The fraction of sp³-hybridized carbons (Fsp3) is 0.154. The third-order valence-electron chi connectivity index (χ3n) is 2.88. The zero-order chi connectivity index (χ0) is 11.5. The summed E-state index contributed by atoms with van der Waals surface area (Å²) in [5.41, 5.74) is 6.35. The molecule has 1 atom stereocenters. The Bertz CT molecular complexity index is 522. The van der Waals surface area contributed by atoms with E-state index in [-0.39, 0.29) is 5.92 Å². The monoisotopic (exact) mass is 224 g/mol. The summed E-state index contributed by atoms with van der Waals surface area (Å²) in [5.74, 6) is 0.235. The van der Waals surface area contributed by atoms with Crippen molar-refractivity contribution in [2.45, 2.75) is 5.92 Å². The van der Waals surface area contributed by atoms with Crippen LogP contribution in [0.3, 0.4) is 0 Å². The van der Waals surface area contributed by atoms with Crippen LogP contribution in [-0.4, -0.2) is 22.2 Å². The van der Waals surface area contributed by atoms with Crippen LogP contribution >= 0.6 is 0 Å². The van der Waals surface area contributed by atoms with Gasteiger partial charge in [0.2, 0.25) is 0 Å². The fourth-order valence-corrected chi connectivity index (χ4v) is 2.04. The molecule has 1 unspecified atom stereocenters. The molecule has 1 N–H and O–H groups in total. The van der Waals surface area contributed by atoms with E-state index in [0.29, 0.717) is 0 Å². The molecule has 1 aliphatic heterocycles. The van der Waals surface area contributed by atoms with Crippen LogP contribution in [0.4, 0.5) is 0 Å². The van der Waals surface area contributed by atoms with Gasteiger partial charge in [0, 0.05) is 18.9 Å². The lowest BCUT2D eigenvalue weighted by molar-refractivity contribution is 0.758. The van der Waals surface area contributed by atoms with Crippen molar-refractivity contribution in [3.8, 4) is 0 Å². The molecule has 0 aliphatic carbocycles. The molecule has 1 aliphatic rings. The average Bonchev–Trinajstić information content (AvgIpc) is 2.90. The van der Waals surface area contributed by atoms with Gasteiger partial charge in [-0.1, -0.05) is 30.3 Å². The minimum atomic E-state index is 0.235. The van der Waals surface area contributed by atoms with E-state index in [1.54, 1.807) is 6.33 Å². The van der Waals surface area contributed by atoms with Crippen LogP contribution in [0.1, 0.15) is 17.0 Å². The first-order valence-corrected chi connectivity index (χ1v) is 5.56. The molecule has 0 bridgehead atoms. The van der Waals surface area contributed by atoms with Crippen molar-refractivity contribution in [3.63, 3.8) is 0 Å². The second-order valence-electron chi connectivity index (χ2n) is 3.95. The van der Waals surface area contributed by atoms with Gasteiger partial charge in [0.15, 0.2) is 0 Å². The van der Waals surface area contributed by atoms with Crippen LogP contribution < -0.4 is 5.43 Å². The first-order valence-electron chi connectivity index (χ1n) is 5.56. The molecule has 0 fully saturated rings. The normalized spacial score (nSPS) is 18.6. The molecule has 4 nitrogen and oxygen atoms in total. The van der Waals surface area contributed by atoms with E-state index in [9.17, 15) is 0 Å². The Labute approximate surface area is 99.4 Å². The van der Waals surface area contributed by atoms with Gasteiger partial charge in [-0.25, -0.2) is 9.97 Å². The van der Waals surface area contributed by atoms with Gasteiger partial charge in [0.05, 0.1) is 11.6 Å². The van der Waals surface area contributed by atoms with Crippen LogP contribution in [-0.2, 0) is 0 Å². The van der Waals surface area contributed by atoms with E-state index in [2.05, 4.69) is 32.6 Å². The maximum Gasteiger partial charge on any atom is 0.115 e. The first kappa shape index (κ1) is 9.96. The third kappa shape index (κ3) is 1.89. The van der Waals surface area contributed by atoms with E-state index in [1.165, 1.54) is 0 Å². The van der Waals surface area contributed by atoms with Crippen molar-refractivity contribution < 1.29 is 0 Å². The topological polar surface area (TPSA) is 50.2 Å². The standard InChI is InChI=1S/C13H12N4/c1-2-4-10(5-3-1)13-12(8-16-17-13)11-6-14-9-15-7-11/h1-7,9,12,16H,8H2. The molecule has 0 saturated carbocycles. The largest absolute Gasteiger partial charge is 0.309 e. The molecule has 17 heavy (non-hydrogen) atoms. The number of hydrogen-bond donors (Lipinski definition) is 1. The quantitative estimate of drug-likeness (QED) is 0.842. The van der Waals surface area contributed by atoms with Gasteiger partial charge in [-0.3, -0.25) is 0 Å². The summed E-state index contributed by atoms with van der Waals surface area (Å²) >= 11 is 0. The third-order valence-corrected chi connectivity index (χ3v) is 2.88. The van der Waals surface area contributed by atoms with E-state index in [4.69, 9.17) is 0 Å². The number of benzene rings is 1. The Balaban J connectivity index is 1.96. The summed E-state index contributed by atoms with van der Waals surface area (Å²) < 4.78 is 0. The molecule has 0 spiro atoms. The van der Waals surface area contributed by atoms with Crippen molar-refractivity contribution in [1.29, 1.82) is 0 Å². The molecular weight excluding hydrogens is 212 g/mol. The summed E-state index contributed by atoms with van der Waals surface area (Å²) in [6.07, 6.45) is 5.25. The predicted molar refractivity (Wildman–Crippen MR) is 65.8 cm³/mol. The van der Waals surface area contributed by atoms with Crippen molar-refractivity contribution in [2.75, 3.05) is 6.54 Å².